The minimum atomic E-state index is -5.12. The van der Waals surface area contributed by atoms with Gasteiger partial charge in [-0.1, -0.05) is 11.2 Å². The molecule has 0 fully saturated rings. The number of nitrogens with zero attached hydrogens (tertiary/aromatic N) is 6. The van der Waals surface area contributed by atoms with Crippen LogP contribution in [0.3, 0.4) is 0 Å². The number of nitrogens with two attached hydrogens (primary N) is 1. The van der Waals surface area contributed by atoms with E-state index in [-0.39, 0.29) is 23.1 Å². The number of alkyl halides is 9. The molecule has 2 N–H and O–H groups in total. The van der Waals surface area contributed by atoms with Crippen molar-refractivity contribution < 1.29 is 48.8 Å². The first-order chi connectivity index (χ1) is 19.1. The van der Waals surface area contributed by atoms with Gasteiger partial charge in [-0.3, -0.25) is 0 Å². The van der Waals surface area contributed by atoms with Crippen LogP contribution in [0.5, 0.6) is 5.75 Å². The van der Waals surface area contributed by atoms with Crippen LogP contribution in [0.15, 0.2) is 53.3 Å². The molecular weight excluding hydrogens is 577 g/mol. The van der Waals surface area contributed by atoms with Gasteiger partial charge in [-0.2, -0.15) is 49.6 Å². The number of nitrogen functional groups attached to an aromatic ring is 1. The molecule has 18 heteroatoms. The van der Waals surface area contributed by atoms with Crippen molar-refractivity contribution in [1.82, 2.24) is 29.7 Å². The number of hydrogen-bond acceptors (Lipinski definition) is 8. The fourth-order valence-electron chi connectivity index (χ4n) is 3.65. The van der Waals surface area contributed by atoms with Crippen molar-refractivity contribution in [3.05, 3.63) is 60.0 Å². The maximum Gasteiger partial charge on any atom is 0.433 e. The lowest BCUT2D eigenvalue weighted by Gasteiger charge is -2.17. The van der Waals surface area contributed by atoms with Crippen LogP contribution in [0.4, 0.5) is 45.3 Å². The van der Waals surface area contributed by atoms with Crippen molar-refractivity contribution in [2.24, 2.45) is 0 Å². The molecule has 0 saturated carbocycles. The number of pyridine rings is 1. The zero-order valence-electron chi connectivity index (χ0n) is 19.8. The molecule has 1 aromatic carbocycles. The van der Waals surface area contributed by atoms with Crippen molar-refractivity contribution in [3.63, 3.8) is 0 Å². The molecular formula is C23H12F9N7O2. The van der Waals surface area contributed by atoms with Gasteiger partial charge in [-0.05, 0) is 30.3 Å². The number of ether oxygens (including phenoxy) is 1. The average Bonchev–Trinajstić information content (AvgIpc) is 3.53. The fraction of sp³-hybridized carbons (Fsp3) is 0.174. The highest BCUT2D eigenvalue weighted by molar-refractivity contribution is 5.75. The molecule has 0 aliphatic carbocycles. The Kier molecular flexibility index (Phi) is 6.50. The topological polar surface area (TPSA) is 117 Å². The van der Waals surface area contributed by atoms with E-state index in [1.807, 2.05) is 0 Å². The largest absolute Gasteiger partial charge is 0.483 e. The Morgan fingerprint density at radius 3 is 2.22 bits per heavy atom. The Labute approximate surface area is 221 Å². The summed E-state index contributed by atoms with van der Waals surface area (Å²) in [4.78, 5) is 12.1. The van der Waals surface area contributed by atoms with Crippen LogP contribution in [-0.2, 0) is 12.4 Å². The minimum absolute atomic E-state index is 0.00626. The van der Waals surface area contributed by atoms with Crippen LogP contribution < -0.4 is 10.5 Å². The quantitative estimate of drug-likeness (QED) is 0.246. The molecule has 0 radical (unpaired) electrons. The maximum atomic E-state index is 14.0. The van der Waals surface area contributed by atoms with Gasteiger partial charge in [0.2, 0.25) is 5.82 Å². The summed E-state index contributed by atoms with van der Waals surface area (Å²) in [6.07, 6.45) is -12.9. The minimum Gasteiger partial charge on any atom is -0.483 e. The summed E-state index contributed by atoms with van der Waals surface area (Å²) < 4.78 is 130. The van der Waals surface area contributed by atoms with Crippen molar-refractivity contribution in [2.45, 2.75) is 18.5 Å². The molecule has 214 valence electrons. The molecule has 0 aliphatic rings. The highest BCUT2D eigenvalue weighted by Gasteiger charge is 2.38. The van der Waals surface area contributed by atoms with Crippen LogP contribution in [0.1, 0.15) is 11.3 Å². The summed E-state index contributed by atoms with van der Waals surface area (Å²) in [5.74, 6) is -1.37. The molecule has 0 bridgehead atoms. The second-order valence-corrected chi connectivity index (χ2v) is 8.33. The number of benzene rings is 1. The predicted molar refractivity (Wildman–Crippen MR) is 121 cm³/mol. The first kappa shape index (κ1) is 27.7. The molecule has 9 nitrogen and oxygen atoms in total. The lowest BCUT2D eigenvalue weighted by Crippen LogP contribution is -2.21. The van der Waals surface area contributed by atoms with Gasteiger partial charge in [0.1, 0.15) is 17.1 Å². The highest BCUT2D eigenvalue weighted by Crippen LogP contribution is 2.40. The van der Waals surface area contributed by atoms with E-state index in [1.165, 1.54) is 18.3 Å². The van der Waals surface area contributed by atoms with Crippen molar-refractivity contribution in [2.75, 3.05) is 12.3 Å². The normalized spacial score (nSPS) is 12.7. The molecule has 0 unspecified atom stereocenters. The molecule has 0 saturated heterocycles. The standard InChI is InChI=1S/C23H12F9N7O2/c24-21(25,26)9-40-15-5-10(1-3-13(15)22(27,28)29)14-6-16(23(30,31)32)39-19(36-14)12(8-35-39)20-37-18(38-41-20)11-2-4-17(33)34-7-11/h1-8H,9H2,(H2,33,34). The monoisotopic (exact) mass is 589 g/mol. The number of fused-ring (bicyclic) bond motifs is 1. The zero-order chi connectivity index (χ0) is 29.7. The Balaban J connectivity index is 1.65. The third-order valence-corrected chi connectivity index (χ3v) is 5.44. The van der Waals surface area contributed by atoms with E-state index in [1.54, 1.807) is 0 Å². The van der Waals surface area contributed by atoms with E-state index in [2.05, 4.69) is 29.9 Å². The van der Waals surface area contributed by atoms with Crippen LogP contribution >= 0.6 is 0 Å². The van der Waals surface area contributed by atoms with Gasteiger partial charge in [0, 0.05) is 17.3 Å². The lowest BCUT2D eigenvalue weighted by molar-refractivity contribution is -0.158. The van der Waals surface area contributed by atoms with E-state index in [4.69, 9.17) is 10.3 Å². The van der Waals surface area contributed by atoms with Gasteiger partial charge in [0.25, 0.3) is 5.89 Å². The molecule has 41 heavy (non-hydrogen) atoms. The van der Waals surface area contributed by atoms with E-state index < -0.39 is 59.0 Å². The van der Waals surface area contributed by atoms with E-state index in [0.29, 0.717) is 28.3 Å². The highest BCUT2D eigenvalue weighted by atomic mass is 19.4. The van der Waals surface area contributed by atoms with Crippen LogP contribution in [-0.4, -0.2) is 42.5 Å². The van der Waals surface area contributed by atoms with E-state index in [9.17, 15) is 39.5 Å². The summed E-state index contributed by atoms with van der Waals surface area (Å²) in [6, 6.07) is 5.07. The average molecular weight is 589 g/mol. The molecule has 0 aliphatic heterocycles. The first-order valence-electron chi connectivity index (χ1n) is 11.0. The Morgan fingerprint density at radius 2 is 1.59 bits per heavy atom. The second-order valence-electron chi connectivity index (χ2n) is 8.33. The van der Waals surface area contributed by atoms with Gasteiger partial charge < -0.3 is 15.0 Å². The Morgan fingerprint density at radius 1 is 0.854 bits per heavy atom. The van der Waals surface area contributed by atoms with Crippen molar-refractivity contribution in [1.29, 1.82) is 0 Å². The molecule has 0 spiro atoms. The SMILES string of the molecule is Nc1ccc(-c2noc(-c3cnn4c(C(F)(F)F)cc(-c5ccc(C(F)(F)F)c(OCC(F)(F)F)c5)nc34)n2)cn1. The molecule has 4 aromatic heterocycles. The number of rotatable bonds is 5. The summed E-state index contributed by atoms with van der Waals surface area (Å²) >= 11 is 0. The number of halogens is 9. The van der Waals surface area contributed by atoms with Gasteiger partial charge in [0.15, 0.2) is 17.9 Å². The second kappa shape index (κ2) is 9.63. The maximum absolute atomic E-state index is 14.0. The lowest BCUT2D eigenvalue weighted by atomic mass is 10.1. The summed E-state index contributed by atoms with van der Waals surface area (Å²) in [5.41, 5.74) is 1.29. The number of hydrogen-bond donors (Lipinski definition) is 1. The van der Waals surface area contributed by atoms with E-state index >= 15 is 0 Å². The van der Waals surface area contributed by atoms with Gasteiger partial charge in [-0.25, -0.2) is 14.5 Å². The van der Waals surface area contributed by atoms with Crippen molar-refractivity contribution in [3.8, 4) is 39.8 Å². The molecule has 4 heterocycles. The number of aromatic nitrogens is 6. The number of anilines is 1. The van der Waals surface area contributed by atoms with Crippen LogP contribution in [0.2, 0.25) is 0 Å². The summed E-state index contributed by atoms with van der Waals surface area (Å²) in [7, 11) is 0. The third kappa shape index (κ3) is 5.71. The first-order valence-corrected chi connectivity index (χ1v) is 11.0. The Hall–Kier alpha value is -4.90. The van der Waals surface area contributed by atoms with Crippen LogP contribution in [0.25, 0.3) is 39.7 Å². The summed E-state index contributed by atoms with van der Waals surface area (Å²) in [6.45, 7) is -2.07. The molecule has 0 atom stereocenters. The third-order valence-electron chi connectivity index (χ3n) is 5.44. The Bertz CT molecular complexity index is 1720. The van der Waals surface area contributed by atoms with Gasteiger partial charge in [-0.15, -0.1) is 0 Å². The van der Waals surface area contributed by atoms with Gasteiger partial charge in [0.05, 0.1) is 17.5 Å². The molecule has 5 rings (SSSR count). The van der Waals surface area contributed by atoms with Crippen molar-refractivity contribution >= 4 is 11.5 Å². The van der Waals surface area contributed by atoms with Gasteiger partial charge >= 0.3 is 18.5 Å². The molecule has 0 amide bonds. The molecule has 5 aromatic rings. The predicted octanol–water partition coefficient (Wildman–Crippen LogP) is 6.07. The summed E-state index contributed by atoms with van der Waals surface area (Å²) in [5, 5.41) is 7.44. The van der Waals surface area contributed by atoms with Crippen LogP contribution in [0, 0.1) is 0 Å². The zero-order valence-corrected chi connectivity index (χ0v) is 19.8. The van der Waals surface area contributed by atoms with E-state index in [0.717, 1.165) is 12.3 Å². The smallest absolute Gasteiger partial charge is 0.433 e. The fourth-order valence-corrected chi connectivity index (χ4v) is 3.65.